The van der Waals surface area contributed by atoms with Gasteiger partial charge in [-0.05, 0) is 60.6 Å². The molecular weight excluding hydrogens is 318 g/mol. The van der Waals surface area contributed by atoms with E-state index in [1.54, 1.807) is 0 Å². The van der Waals surface area contributed by atoms with Crippen LogP contribution in [0.4, 0.5) is 0 Å². The minimum atomic E-state index is -0.0375. The molecule has 2 heteroatoms. The fraction of sp³-hybridized carbons (Fsp3) is 0.417. The maximum atomic E-state index is 9.98. The maximum Gasteiger partial charge on any atom is 0.118 e. The number of aromatic nitrogens is 1. The zero-order valence-corrected chi connectivity index (χ0v) is 16.8. The average molecular weight is 350 g/mol. The molecule has 3 aromatic rings. The molecule has 0 amide bonds. The highest BCUT2D eigenvalue weighted by atomic mass is 16.3. The van der Waals surface area contributed by atoms with Gasteiger partial charge in [0.2, 0.25) is 0 Å². The van der Waals surface area contributed by atoms with E-state index in [2.05, 4.69) is 68.9 Å². The predicted octanol–water partition coefficient (Wildman–Crippen LogP) is 6.25. The number of fused-ring (bicyclic) bond motifs is 1. The summed E-state index contributed by atoms with van der Waals surface area (Å²) < 4.78 is 2.27. The molecule has 1 N–H and O–H groups in total. The zero-order chi connectivity index (χ0) is 18.9. The highest BCUT2D eigenvalue weighted by Crippen LogP contribution is 2.43. The van der Waals surface area contributed by atoms with Crippen LogP contribution >= 0.6 is 0 Å². The minimum absolute atomic E-state index is 0.0375. The predicted molar refractivity (Wildman–Crippen MR) is 111 cm³/mol. The third kappa shape index (κ3) is 2.92. The number of phenolic OH excluding ortho intramolecular Hbond substituents is 1. The number of nitrogens with zero attached hydrogens (tertiary/aromatic N) is 1. The van der Waals surface area contributed by atoms with Gasteiger partial charge in [0.1, 0.15) is 5.75 Å². The van der Waals surface area contributed by atoms with E-state index in [9.17, 15) is 5.11 Å². The molecule has 0 atom stereocenters. The molecule has 0 aliphatic heterocycles. The summed E-state index contributed by atoms with van der Waals surface area (Å²) in [5.41, 5.74) is 6.32. The number of benzene rings is 2. The summed E-state index contributed by atoms with van der Waals surface area (Å²) in [6.07, 6.45) is 6.67. The Kier molecular flexibility index (Phi) is 5.13. The smallest absolute Gasteiger partial charge is 0.118 e. The molecule has 138 valence electrons. The van der Waals surface area contributed by atoms with E-state index in [-0.39, 0.29) is 5.41 Å². The molecule has 3 rings (SSSR count). The molecule has 0 fully saturated rings. The minimum Gasteiger partial charge on any atom is -0.508 e. The van der Waals surface area contributed by atoms with E-state index < -0.39 is 0 Å². The normalized spacial score (nSPS) is 12.0. The fourth-order valence-corrected chi connectivity index (χ4v) is 4.40. The fourth-order valence-electron chi connectivity index (χ4n) is 4.40. The summed E-state index contributed by atoms with van der Waals surface area (Å²) >= 11 is 0. The number of hydrogen-bond donors (Lipinski definition) is 1. The average Bonchev–Trinajstić information content (AvgIpc) is 2.97. The van der Waals surface area contributed by atoms with E-state index in [1.807, 2.05) is 13.0 Å². The van der Waals surface area contributed by atoms with Crippen LogP contribution < -0.4 is 0 Å². The summed E-state index contributed by atoms with van der Waals surface area (Å²) in [6.45, 7) is 8.76. The van der Waals surface area contributed by atoms with Gasteiger partial charge in [-0.2, -0.15) is 0 Å². The summed E-state index contributed by atoms with van der Waals surface area (Å²) in [4.78, 5) is 0. The third-order valence-electron chi connectivity index (χ3n) is 6.07. The van der Waals surface area contributed by atoms with Gasteiger partial charge in [-0.25, -0.2) is 0 Å². The summed E-state index contributed by atoms with van der Waals surface area (Å²) in [5, 5.41) is 11.3. The molecule has 0 radical (unpaired) electrons. The van der Waals surface area contributed by atoms with E-state index >= 15 is 0 Å². The van der Waals surface area contributed by atoms with Crippen molar-refractivity contribution in [1.82, 2.24) is 4.57 Å². The number of rotatable bonds is 6. The van der Waals surface area contributed by atoms with Gasteiger partial charge < -0.3 is 9.67 Å². The molecule has 0 aliphatic rings. The SMILES string of the molecule is CCCc1ccc2c(C(CC)(CC)c3ccc(O)c(C)c3)cn(C)c2c1. The summed E-state index contributed by atoms with van der Waals surface area (Å²) in [5.74, 6) is 0.372. The van der Waals surface area contributed by atoms with Crippen molar-refractivity contribution in [2.45, 2.75) is 58.8 Å². The van der Waals surface area contributed by atoms with Crippen molar-refractivity contribution >= 4 is 10.9 Å². The highest BCUT2D eigenvalue weighted by Gasteiger charge is 2.33. The quantitative estimate of drug-likeness (QED) is 0.559. The van der Waals surface area contributed by atoms with Crippen LogP contribution in [-0.2, 0) is 18.9 Å². The topological polar surface area (TPSA) is 25.2 Å². The second-order valence-electron chi connectivity index (χ2n) is 7.55. The van der Waals surface area contributed by atoms with Crippen molar-refractivity contribution < 1.29 is 5.11 Å². The lowest BCUT2D eigenvalue weighted by Crippen LogP contribution is -2.26. The van der Waals surface area contributed by atoms with Crippen molar-refractivity contribution in [2.24, 2.45) is 7.05 Å². The molecule has 2 nitrogen and oxygen atoms in total. The lowest BCUT2D eigenvalue weighted by atomic mass is 9.70. The number of phenols is 1. The Hall–Kier alpha value is -2.22. The molecule has 26 heavy (non-hydrogen) atoms. The largest absolute Gasteiger partial charge is 0.508 e. The first-order valence-electron chi connectivity index (χ1n) is 9.85. The van der Waals surface area contributed by atoms with Crippen molar-refractivity contribution in [3.8, 4) is 5.75 Å². The van der Waals surface area contributed by atoms with Crippen LogP contribution in [0.15, 0.2) is 42.6 Å². The first-order valence-corrected chi connectivity index (χ1v) is 9.85. The van der Waals surface area contributed by atoms with Crippen molar-refractivity contribution in [2.75, 3.05) is 0 Å². The monoisotopic (exact) mass is 349 g/mol. The molecule has 0 saturated heterocycles. The van der Waals surface area contributed by atoms with Crippen LogP contribution in [0.5, 0.6) is 5.75 Å². The number of hydrogen-bond acceptors (Lipinski definition) is 1. The van der Waals surface area contributed by atoms with Gasteiger partial charge in [-0.1, -0.05) is 51.5 Å². The Morgan fingerprint density at radius 1 is 1.00 bits per heavy atom. The van der Waals surface area contributed by atoms with Crippen LogP contribution in [0.2, 0.25) is 0 Å². The summed E-state index contributed by atoms with van der Waals surface area (Å²) in [6, 6.07) is 13.0. The molecule has 1 aromatic heterocycles. The second-order valence-corrected chi connectivity index (χ2v) is 7.55. The van der Waals surface area contributed by atoms with E-state index in [0.29, 0.717) is 5.75 Å². The molecule has 2 aromatic carbocycles. The first-order chi connectivity index (χ1) is 12.5. The van der Waals surface area contributed by atoms with E-state index in [1.165, 1.54) is 34.0 Å². The Bertz CT molecular complexity index is 915. The first kappa shape index (κ1) is 18.6. The Morgan fingerprint density at radius 2 is 1.73 bits per heavy atom. The van der Waals surface area contributed by atoms with Gasteiger partial charge in [0.25, 0.3) is 0 Å². The van der Waals surface area contributed by atoms with Gasteiger partial charge in [-0.3, -0.25) is 0 Å². The molecule has 1 heterocycles. The van der Waals surface area contributed by atoms with Crippen molar-refractivity contribution in [1.29, 1.82) is 0 Å². The van der Waals surface area contributed by atoms with Crippen LogP contribution in [0, 0.1) is 6.92 Å². The second kappa shape index (κ2) is 7.19. The maximum absolute atomic E-state index is 9.98. The van der Waals surface area contributed by atoms with Crippen LogP contribution in [0.3, 0.4) is 0 Å². The standard InChI is InChI=1S/C24H31NO/c1-6-9-18-10-12-20-21(16-25(5)22(20)15-18)24(7-2,8-3)19-11-13-23(26)17(4)14-19/h10-16,26H,6-9H2,1-5H3. The zero-order valence-electron chi connectivity index (χ0n) is 16.8. The molecule has 0 saturated carbocycles. The lowest BCUT2D eigenvalue weighted by molar-refractivity contribution is 0.462. The molecule has 0 unspecified atom stereocenters. The van der Waals surface area contributed by atoms with Crippen molar-refractivity contribution in [3.63, 3.8) is 0 Å². The Balaban J connectivity index is 2.24. The summed E-state index contributed by atoms with van der Waals surface area (Å²) in [7, 11) is 2.15. The molecule has 0 aliphatic carbocycles. The Labute approximate surface area is 157 Å². The molecular formula is C24H31NO. The van der Waals surface area contributed by atoms with E-state index in [0.717, 1.165) is 24.8 Å². The number of aryl methyl sites for hydroxylation is 3. The third-order valence-corrected chi connectivity index (χ3v) is 6.07. The van der Waals surface area contributed by atoms with E-state index in [4.69, 9.17) is 0 Å². The van der Waals surface area contributed by atoms with Crippen molar-refractivity contribution in [3.05, 3.63) is 64.8 Å². The Morgan fingerprint density at radius 3 is 2.35 bits per heavy atom. The van der Waals surface area contributed by atoms with Gasteiger partial charge in [0.15, 0.2) is 0 Å². The van der Waals surface area contributed by atoms with Crippen LogP contribution in [0.1, 0.15) is 62.3 Å². The van der Waals surface area contributed by atoms with Gasteiger partial charge in [0, 0.05) is 29.6 Å². The van der Waals surface area contributed by atoms with Gasteiger partial charge in [-0.15, -0.1) is 0 Å². The molecule has 0 bridgehead atoms. The highest BCUT2D eigenvalue weighted by molar-refractivity contribution is 5.86. The van der Waals surface area contributed by atoms with Gasteiger partial charge >= 0.3 is 0 Å². The van der Waals surface area contributed by atoms with Crippen LogP contribution in [-0.4, -0.2) is 9.67 Å². The lowest BCUT2D eigenvalue weighted by Gasteiger charge is -2.33. The van der Waals surface area contributed by atoms with Crippen LogP contribution in [0.25, 0.3) is 10.9 Å². The molecule has 0 spiro atoms. The number of aromatic hydroxyl groups is 1. The van der Waals surface area contributed by atoms with Gasteiger partial charge in [0.05, 0.1) is 0 Å².